The minimum absolute atomic E-state index is 0.220. The zero-order chi connectivity index (χ0) is 23.9. The first kappa shape index (κ1) is 31.0. The highest BCUT2D eigenvalue weighted by Gasteiger charge is 2.20. The monoisotopic (exact) mass is 483 g/mol. The van der Waals surface area contributed by atoms with E-state index in [9.17, 15) is 14.2 Å². The molecule has 0 amide bonds. The number of carbonyl (C=O) groups is 2. The predicted molar refractivity (Wildman–Crippen MR) is 120 cm³/mol. The largest absolute Gasteiger partial charge is 0.469 e. The molecule has 0 aromatic carbocycles. The maximum absolute atomic E-state index is 11.8. The standard InChI is InChI=1S/C21H42NO9P/c1-2-3-4-5-6-8-11-14-21(24)31-30-20(18-29-32(25,26)27)17-22-15-12-9-7-10-13-16-28-19-23/h19-20,22H,2-18H2,1H3,(H2,25,26,27)/t20-/m0/s1. The first-order valence-corrected chi connectivity index (χ1v) is 13.2. The van der Waals surface area contributed by atoms with Gasteiger partial charge in [0.05, 0.1) is 13.2 Å². The molecule has 0 bridgehead atoms. The summed E-state index contributed by atoms with van der Waals surface area (Å²) < 4.78 is 20.1. The van der Waals surface area contributed by atoms with E-state index in [4.69, 9.17) is 19.6 Å². The molecule has 0 rings (SSSR count). The van der Waals surface area contributed by atoms with Gasteiger partial charge in [0.2, 0.25) is 0 Å². The minimum atomic E-state index is -4.65. The summed E-state index contributed by atoms with van der Waals surface area (Å²) in [6, 6.07) is 0. The van der Waals surface area contributed by atoms with E-state index in [0.717, 1.165) is 51.4 Å². The van der Waals surface area contributed by atoms with Gasteiger partial charge >= 0.3 is 13.8 Å². The topological polar surface area (TPSA) is 141 Å². The number of unbranched alkanes of at least 4 members (excludes halogenated alkanes) is 10. The summed E-state index contributed by atoms with van der Waals surface area (Å²) in [5.41, 5.74) is 0. The van der Waals surface area contributed by atoms with Crippen LogP contribution in [0, 0.1) is 0 Å². The van der Waals surface area contributed by atoms with Gasteiger partial charge in [0.25, 0.3) is 6.47 Å². The van der Waals surface area contributed by atoms with E-state index in [1.165, 1.54) is 25.7 Å². The second kappa shape index (κ2) is 21.8. The summed E-state index contributed by atoms with van der Waals surface area (Å²) in [4.78, 5) is 49.5. The number of phosphoric acid groups is 1. The number of nitrogens with one attached hydrogen (secondary N) is 1. The molecule has 0 aromatic heterocycles. The van der Waals surface area contributed by atoms with E-state index in [0.29, 0.717) is 19.6 Å². The van der Waals surface area contributed by atoms with Crippen LogP contribution in [0.25, 0.3) is 0 Å². The molecule has 190 valence electrons. The molecule has 3 N–H and O–H groups in total. The molecular formula is C21H42NO9P. The second-order valence-corrected chi connectivity index (χ2v) is 9.01. The Morgan fingerprint density at radius 2 is 1.59 bits per heavy atom. The lowest BCUT2D eigenvalue weighted by Crippen LogP contribution is -2.34. The lowest BCUT2D eigenvalue weighted by Gasteiger charge is -2.17. The molecule has 0 unspecified atom stereocenters. The molecule has 0 spiro atoms. The Balaban J connectivity index is 3.96. The van der Waals surface area contributed by atoms with Crippen LogP contribution < -0.4 is 5.32 Å². The lowest BCUT2D eigenvalue weighted by atomic mass is 10.1. The number of ether oxygens (including phenoxy) is 1. The van der Waals surface area contributed by atoms with Crippen molar-refractivity contribution in [2.45, 2.75) is 96.5 Å². The summed E-state index contributed by atoms with van der Waals surface area (Å²) in [7, 11) is -4.65. The fourth-order valence-electron chi connectivity index (χ4n) is 2.97. The van der Waals surface area contributed by atoms with E-state index in [1.54, 1.807) is 0 Å². The molecule has 0 heterocycles. The van der Waals surface area contributed by atoms with E-state index < -0.39 is 26.5 Å². The Kier molecular flexibility index (Phi) is 21.1. The summed E-state index contributed by atoms with van der Waals surface area (Å²) in [5, 5.41) is 3.11. The van der Waals surface area contributed by atoms with Gasteiger partial charge in [-0.15, -0.1) is 0 Å². The Bertz CT molecular complexity index is 502. The van der Waals surface area contributed by atoms with Gasteiger partial charge in [-0.1, -0.05) is 64.7 Å². The molecule has 0 saturated carbocycles. The van der Waals surface area contributed by atoms with Crippen LogP contribution in [0.4, 0.5) is 0 Å². The van der Waals surface area contributed by atoms with Gasteiger partial charge in [0, 0.05) is 13.0 Å². The van der Waals surface area contributed by atoms with Crippen LogP contribution in [-0.2, 0) is 33.2 Å². The van der Waals surface area contributed by atoms with E-state index in [1.807, 2.05) is 0 Å². The van der Waals surface area contributed by atoms with Crippen LogP contribution in [0.1, 0.15) is 90.4 Å². The van der Waals surface area contributed by atoms with Gasteiger partial charge < -0.3 is 19.8 Å². The summed E-state index contributed by atoms with van der Waals surface area (Å²) in [6.07, 6.45) is 11.7. The van der Waals surface area contributed by atoms with Crippen LogP contribution in [0.5, 0.6) is 0 Å². The molecule has 11 heteroatoms. The SMILES string of the molecule is CCCCCCCCCC(=O)OO[C@@H](CNCCCCCCCOC=O)COP(=O)(O)O. The molecule has 10 nitrogen and oxygen atoms in total. The Hall–Kier alpha value is -1.03. The highest BCUT2D eigenvalue weighted by molar-refractivity contribution is 7.46. The molecule has 0 aliphatic heterocycles. The zero-order valence-corrected chi connectivity index (χ0v) is 20.3. The average molecular weight is 484 g/mol. The van der Waals surface area contributed by atoms with Gasteiger partial charge in [-0.25, -0.2) is 9.36 Å². The minimum Gasteiger partial charge on any atom is -0.468 e. The highest BCUT2D eigenvalue weighted by atomic mass is 31.2. The van der Waals surface area contributed by atoms with Gasteiger partial charge in [0.1, 0.15) is 6.10 Å². The molecule has 0 fully saturated rings. The molecular weight excluding hydrogens is 441 g/mol. The first-order valence-electron chi connectivity index (χ1n) is 11.7. The van der Waals surface area contributed by atoms with E-state index in [-0.39, 0.29) is 13.0 Å². The maximum atomic E-state index is 11.8. The van der Waals surface area contributed by atoms with Crippen molar-refractivity contribution in [1.29, 1.82) is 0 Å². The summed E-state index contributed by atoms with van der Waals surface area (Å²) in [5.74, 6) is -0.502. The van der Waals surface area contributed by atoms with Crippen molar-refractivity contribution in [1.82, 2.24) is 5.32 Å². The summed E-state index contributed by atoms with van der Waals surface area (Å²) in [6.45, 7) is 3.55. The number of carbonyl (C=O) groups excluding carboxylic acids is 2. The van der Waals surface area contributed by atoms with Crippen LogP contribution in [0.15, 0.2) is 0 Å². The van der Waals surface area contributed by atoms with Crippen molar-refractivity contribution in [3.8, 4) is 0 Å². The van der Waals surface area contributed by atoms with Crippen LogP contribution in [0.2, 0.25) is 0 Å². The predicted octanol–water partition coefficient (Wildman–Crippen LogP) is 3.79. The molecule has 1 atom stereocenters. The maximum Gasteiger partial charge on any atom is 0.469 e. The van der Waals surface area contributed by atoms with Crippen LogP contribution in [0.3, 0.4) is 0 Å². The average Bonchev–Trinajstić information content (AvgIpc) is 2.75. The Morgan fingerprint density at radius 1 is 0.969 bits per heavy atom. The van der Waals surface area contributed by atoms with Crippen molar-refractivity contribution in [2.24, 2.45) is 0 Å². The van der Waals surface area contributed by atoms with Gasteiger partial charge in [-0.2, -0.15) is 4.89 Å². The molecule has 0 aliphatic rings. The normalized spacial score (nSPS) is 12.5. The fourth-order valence-corrected chi connectivity index (χ4v) is 3.33. The third-order valence-corrected chi connectivity index (χ3v) is 5.23. The number of hydrogen-bond acceptors (Lipinski definition) is 8. The number of rotatable bonds is 24. The van der Waals surface area contributed by atoms with Crippen molar-refractivity contribution < 1.29 is 43.0 Å². The smallest absolute Gasteiger partial charge is 0.468 e. The Morgan fingerprint density at radius 3 is 2.25 bits per heavy atom. The molecule has 0 saturated heterocycles. The van der Waals surface area contributed by atoms with Crippen LogP contribution in [-0.4, -0.2) is 54.6 Å². The third kappa shape index (κ3) is 23.6. The number of hydrogen-bond donors (Lipinski definition) is 3. The van der Waals surface area contributed by atoms with E-state index >= 15 is 0 Å². The first-order chi connectivity index (χ1) is 15.4. The van der Waals surface area contributed by atoms with Crippen molar-refractivity contribution in [3.63, 3.8) is 0 Å². The second-order valence-electron chi connectivity index (χ2n) is 7.77. The molecule has 32 heavy (non-hydrogen) atoms. The van der Waals surface area contributed by atoms with E-state index in [2.05, 4.69) is 21.5 Å². The zero-order valence-electron chi connectivity index (χ0n) is 19.4. The van der Waals surface area contributed by atoms with Crippen LogP contribution >= 0.6 is 7.82 Å². The molecule has 0 aromatic rings. The highest BCUT2D eigenvalue weighted by Crippen LogP contribution is 2.35. The number of phosphoric ester groups is 1. The lowest BCUT2D eigenvalue weighted by molar-refractivity contribution is -0.300. The van der Waals surface area contributed by atoms with Crippen molar-refractivity contribution in [3.05, 3.63) is 0 Å². The van der Waals surface area contributed by atoms with Crippen molar-refractivity contribution in [2.75, 3.05) is 26.3 Å². The van der Waals surface area contributed by atoms with Crippen molar-refractivity contribution >= 4 is 20.3 Å². The fraction of sp³-hybridized carbons (Fsp3) is 0.905. The van der Waals surface area contributed by atoms with Gasteiger partial charge in [-0.05, 0) is 25.8 Å². The van der Waals surface area contributed by atoms with Gasteiger partial charge in [-0.3, -0.25) is 14.2 Å². The molecule has 0 radical (unpaired) electrons. The Labute approximate surface area is 191 Å². The van der Waals surface area contributed by atoms with Gasteiger partial charge in [0.15, 0.2) is 0 Å². The quantitative estimate of drug-likeness (QED) is 0.0610. The summed E-state index contributed by atoms with van der Waals surface area (Å²) >= 11 is 0. The third-order valence-electron chi connectivity index (χ3n) is 4.75. The molecule has 0 aliphatic carbocycles.